The minimum Gasteiger partial charge on any atom is -0.457 e. The fraction of sp³-hybridized carbons (Fsp3) is 0.625. The molecule has 0 saturated carbocycles. The van der Waals surface area contributed by atoms with E-state index in [1.165, 1.54) is 0 Å². The van der Waals surface area contributed by atoms with Gasteiger partial charge in [0.25, 0.3) is 10.1 Å². The molecule has 0 radical (unpaired) electrons. The van der Waals surface area contributed by atoms with Crippen LogP contribution in [0.4, 0.5) is 0 Å². The lowest BCUT2D eigenvalue weighted by molar-refractivity contribution is -0.144. The molecule has 1 atom stereocenters. The Bertz CT molecular complexity index is 330. The highest BCUT2D eigenvalue weighted by Gasteiger charge is 2.18. The Morgan fingerprint density at radius 3 is 2.79 bits per heavy atom. The number of carbonyl (C=O) groups is 1. The lowest BCUT2D eigenvalue weighted by atomic mass is 10.1. The Kier molecular flexibility index (Phi) is 3.65. The normalized spacial score (nSPS) is 21.9. The van der Waals surface area contributed by atoms with Gasteiger partial charge >= 0.3 is 5.97 Å². The van der Waals surface area contributed by atoms with Crippen LogP contribution >= 0.6 is 0 Å². The number of allylic oxidation sites excluding steroid dienone is 1. The fourth-order valence-electron chi connectivity index (χ4n) is 1.23. The summed E-state index contributed by atoms with van der Waals surface area (Å²) in [4.78, 5) is 10.9. The molecule has 1 unspecified atom stereocenters. The highest BCUT2D eigenvalue weighted by molar-refractivity contribution is 7.86. The average Bonchev–Trinajstić information content (AvgIpc) is 2.02. The standard InChI is InChI=1S/C8H12O5S/c9-8(6-14(10,11)12)13-7-4-2-1-3-5-7/h2,4,7H,1,3,5-6H2,(H,10,11,12). The Hall–Kier alpha value is -0.880. The van der Waals surface area contributed by atoms with Crippen LogP contribution in [0.2, 0.25) is 0 Å². The molecule has 0 saturated heterocycles. The van der Waals surface area contributed by atoms with Crippen molar-refractivity contribution in [3.05, 3.63) is 12.2 Å². The molecule has 0 spiro atoms. The van der Waals surface area contributed by atoms with Gasteiger partial charge < -0.3 is 4.74 Å². The largest absolute Gasteiger partial charge is 0.457 e. The van der Waals surface area contributed by atoms with E-state index in [9.17, 15) is 13.2 Å². The highest BCUT2D eigenvalue weighted by Crippen LogP contribution is 2.13. The van der Waals surface area contributed by atoms with E-state index in [1.54, 1.807) is 6.08 Å². The van der Waals surface area contributed by atoms with Crippen molar-refractivity contribution in [2.45, 2.75) is 25.4 Å². The quantitative estimate of drug-likeness (QED) is 0.426. The van der Waals surface area contributed by atoms with Gasteiger partial charge in [0.1, 0.15) is 6.10 Å². The van der Waals surface area contributed by atoms with Crippen LogP contribution < -0.4 is 0 Å². The number of hydrogen-bond donors (Lipinski definition) is 1. The van der Waals surface area contributed by atoms with E-state index >= 15 is 0 Å². The van der Waals surface area contributed by atoms with Gasteiger partial charge in [-0.2, -0.15) is 8.42 Å². The van der Waals surface area contributed by atoms with E-state index in [2.05, 4.69) is 0 Å². The van der Waals surface area contributed by atoms with Gasteiger partial charge in [-0.15, -0.1) is 0 Å². The lowest BCUT2D eigenvalue weighted by Crippen LogP contribution is -2.23. The van der Waals surface area contributed by atoms with Crippen LogP contribution in [-0.4, -0.2) is 30.8 Å². The van der Waals surface area contributed by atoms with Crippen LogP contribution in [0.1, 0.15) is 19.3 Å². The van der Waals surface area contributed by atoms with Crippen molar-refractivity contribution in [1.29, 1.82) is 0 Å². The summed E-state index contributed by atoms with van der Waals surface area (Å²) >= 11 is 0. The molecule has 5 nitrogen and oxygen atoms in total. The van der Waals surface area contributed by atoms with Gasteiger partial charge in [0.2, 0.25) is 0 Å². The SMILES string of the molecule is O=C(CS(=O)(=O)O)OC1C=CCCC1. The smallest absolute Gasteiger partial charge is 0.324 e. The van der Waals surface area contributed by atoms with Gasteiger partial charge in [0.05, 0.1) is 0 Å². The predicted molar refractivity (Wildman–Crippen MR) is 49.3 cm³/mol. The monoisotopic (exact) mass is 220 g/mol. The molecular formula is C8H12O5S. The first-order valence-corrected chi connectivity index (χ1v) is 5.89. The highest BCUT2D eigenvalue weighted by atomic mass is 32.2. The third-order valence-corrected chi connectivity index (χ3v) is 2.39. The van der Waals surface area contributed by atoms with E-state index in [0.29, 0.717) is 6.42 Å². The van der Waals surface area contributed by atoms with Gasteiger partial charge in [-0.25, -0.2) is 0 Å². The van der Waals surface area contributed by atoms with Crippen molar-refractivity contribution in [2.75, 3.05) is 5.75 Å². The van der Waals surface area contributed by atoms with Crippen molar-refractivity contribution in [3.8, 4) is 0 Å². The van der Waals surface area contributed by atoms with E-state index < -0.39 is 21.8 Å². The molecule has 0 aromatic heterocycles. The minimum absolute atomic E-state index is 0.349. The van der Waals surface area contributed by atoms with E-state index in [4.69, 9.17) is 9.29 Å². The zero-order chi connectivity index (χ0) is 10.6. The molecule has 0 aromatic carbocycles. The van der Waals surface area contributed by atoms with Crippen molar-refractivity contribution in [2.24, 2.45) is 0 Å². The molecule has 6 heteroatoms. The molecule has 1 aliphatic rings. The van der Waals surface area contributed by atoms with Crippen LogP contribution in [0.5, 0.6) is 0 Å². The van der Waals surface area contributed by atoms with Crippen LogP contribution in [0.3, 0.4) is 0 Å². The van der Waals surface area contributed by atoms with Gasteiger partial charge in [-0.1, -0.05) is 6.08 Å². The van der Waals surface area contributed by atoms with Crippen LogP contribution in [0.15, 0.2) is 12.2 Å². The predicted octanol–water partition coefficient (Wildman–Crippen LogP) is 0.526. The second-order valence-electron chi connectivity index (χ2n) is 3.11. The third kappa shape index (κ3) is 4.38. The summed E-state index contributed by atoms with van der Waals surface area (Å²) < 4.78 is 33.8. The Morgan fingerprint density at radius 1 is 1.57 bits per heavy atom. The van der Waals surface area contributed by atoms with Crippen LogP contribution in [-0.2, 0) is 19.6 Å². The molecule has 1 aliphatic carbocycles. The summed E-state index contributed by atoms with van der Waals surface area (Å²) in [5.74, 6) is -1.89. The summed E-state index contributed by atoms with van der Waals surface area (Å²) in [6.45, 7) is 0. The summed E-state index contributed by atoms with van der Waals surface area (Å²) in [6.07, 6.45) is 5.83. The van der Waals surface area contributed by atoms with Crippen LogP contribution in [0.25, 0.3) is 0 Å². The molecule has 0 aromatic rings. The Labute approximate surface area is 82.5 Å². The maximum absolute atomic E-state index is 10.9. The molecule has 0 bridgehead atoms. The number of rotatable bonds is 3. The fourth-order valence-corrected chi connectivity index (χ4v) is 1.60. The minimum atomic E-state index is -4.27. The molecule has 0 heterocycles. The number of ether oxygens (including phenoxy) is 1. The molecule has 80 valence electrons. The van der Waals surface area contributed by atoms with Gasteiger partial charge in [-0.3, -0.25) is 9.35 Å². The molecule has 14 heavy (non-hydrogen) atoms. The molecule has 1 rings (SSSR count). The maximum Gasteiger partial charge on any atom is 0.324 e. The molecule has 0 aliphatic heterocycles. The zero-order valence-corrected chi connectivity index (χ0v) is 8.37. The molecule has 0 fully saturated rings. The second kappa shape index (κ2) is 4.56. The first kappa shape index (κ1) is 11.2. The molecule has 0 amide bonds. The summed E-state index contributed by atoms with van der Waals surface area (Å²) in [5, 5.41) is 0. The topological polar surface area (TPSA) is 80.7 Å². The van der Waals surface area contributed by atoms with Gasteiger partial charge in [0, 0.05) is 0 Å². The number of carbonyl (C=O) groups excluding carboxylic acids is 1. The Balaban J connectivity index is 2.40. The Morgan fingerprint density at radius 2 is 2.29 bits per heavy atom. The first-order chi connectivity index (χ1) is 6.47. The molecular weight excluding hydrogens is 208 g/mol. The molecule has 1 N–H and O–H groups in total. The number of hydrogen-bond acceptors (Lipinski definition) is 4. The van der Waals surface area contributed by atoms with Crippen molar-refractivity contribution < 1.29 is 22.5 Å². The van der Waals surface area contributed by atoms with Gasteiger partial charge in [0.15, 0.2) is 5.75 Å². The number of esters is 1. The van der Waals surface area contributed by atoms with Crippen molar-refractivity contribution >= 4 is 16.1 Å². The van der Waals surface area contributed by atoms with Gasteiger partial charge in [-0.05, 0) is 25.3 Å². The summed E-state index contributed by atoms with van der Waals surface area (Å²) in [5.41, 5.74) is 0. The average molecular weight is 220 g/mol. The van der Waals surface area contributed by atoms with Crippen molar-refractivity contribution in [1.82, 2.24) is 0 Å². The van der Waals surface area contributed by atoms with Crippen molar-refractivity contribution in [3.63, 3.8) is 0 Å². The lowest BCUT2D eigenvalue weighted by Gasteiger charge is -2.16. The third-order valence-electron chi connectivity index (χ3n) is 1.79. The second-order valence-corrected chi connectivity index (χ2v) is 4.57. The zero-order valence-electron chi connectivity index (χ0n) is 7.55. The summed E-state index contributed by atoms with van der Waals surface area (Å²) in [7, 11) is -4.27. The van der Waals surface area contributed by atoms with E-state index in [-0.39, 0.29) is 6.10 Å². The van der Waals surface area contributed by atoms with Crippen LogP contribution in [0, 0.1) is 0 Å². The van der Waals surface area contributed by atoms with E-state index in [0.717, 1.165) is 12.8 Å². The van der Waals surface area contributed by atoms with E-state index in [1.807, 2.05) is 6.08 Å². The maximum atomic E-state index is 10.9. The summed E-state index contributed by atoms with van der Waals surface area (Å²) in [6, 6.07) is 0. The first-order valence-electron chi connectivity index (χ1n) is 4.29.